The average Bonchev–Trinajstić information content (AvgIpc) is 2.58. The summed E-state index contributed by atoms with van der Waals surface area (Å²) in [6.07, 6.45) is 10.7. The number of aryl methyl sites for hydroxylation is 1. The number of allylic oxidation sites excluding steroid dienone is 1. The van der Waals surface area contributed by atoms with E-state index in [0.29, 0.717) is 11.5 Å². The van der Waals surface area contributed by atoms with Crippen molar-refractivity contribution in [3.8, 4) is 0 Å². The highest BCUT2D eigenvalue weighted by Crippen LogP contribution is 2.15. The standard InChI is InChI=1S/C17H26N4O/c1-3-5-8-21-9-6-7-14(13-21)10-20-17(22)15-11-18-16(4-2)19-12-15/h3,5,11-12,14H,4,6-10,13H2,1-2H3,(H,20,22)/b5-3+. The molecule has 5 heteroatoms. The SMILES string of the molecule is C/C=C/CN1CCCC(CNC(=O)c2cnc(CC)nc2)C1. The van der Waals surface area contributed by atoms with Crippen molar-refractivity contribution in [2.75, 3.05) is 26.2 Å². The van der Waals surface area contributed by atoms with Crippen LogP contribution in [0, 0.1) is 5.92 Å². The van der Waals surface area contributed by atoms with E-state index < -0.39 is 0 Å². The van der Waals surface area contributed by atoms with Gasteiger partial charge in [0.1, 0.15) is 5.82 Å². The zero-order chi connectivity index (χ0) is 15.8. The highest BCUT2D eigenvalue weighted by Gasteiger charge is 2.19. The molecule has 1 amide bonds. The predicted octanol–water partition coefficient (Wildman–Crippen LogP) is 2.06. The number of rotatable bonds is 6. The number of carbonyl (C=O) groups excluding carboxylic acids is 1. The number of likely N-dealkylation sites (tertiary alicyclic amines) is 1. The van der Waals surface area contributed by atoms with Gasteiger partial charge in [-0.15, -0.1) is 0 Å². The van der Waals surface area contributed by atoms with Gasteiger partial charge in [0.2, 0.25) is 0 Å². The van der Waals surface area contributed by atoms with Gasteiger partial charge in [-0.25, -0.2) is 9.97 Å². The van der Waals surface area contributed by atoms with Gasteiger partial charge >= 0.3 is 0 Å². The molecule has 0 radical (unpaired) electrons. The molecule has 1 aromatic rings. The Kier molecular flexibility index (Phi) is 6.52. The second kappa shape index (κ2) is 8.63. The third kappa shape index (κ3) is 4.91. The second-order valence-corrected chi connectivity index (χ2v) is 5.79. The first-order valence-corrected chi connectivity index (χ1v) is 8.15. The molecule has 1 aliphatic heterocycles. The van der Waals surface area contributed by atoms with Gasteiger partial charge in [0.15, 0.2) is 0 Å². The lowest BCUT2D eigenvalue weighted by Crippen LogP contribution is -2.41. The summed E-state index contributed by atoms with van der Waals surface area (Å²) < 4.78 is 0. The Labute approximate surface area is 132 Å². The molecule has 0 saturated carbocycles. The summed E-state index contributed by atoms with van der Waals surface area (Å²) in [5.74, 6) is 1.22. The molecule has 1 aliphatic rings. The molecule has 1 N–H and O–H groups in total. The molecule has 1 atom stereocenters. The fraction of sp³-hybridized carbons (Fsp3) is 0.588. The number of aromatic nitrogens is 2. The van der Waals surface area contributed by atoms with Crippen LogP contribution in [0.3, 0.4) is 0 Å². The smallest absolute Gasteiger partial charge is 0.254 e. The van der Waals surface area contributed by atoms with Crippen LogP contribution in [0.5, 0.6) is 0 Å². The van der Waals surface area contributed by atoms with Crippen LogP contribution in [-0.4, -0.2) is 47.0 Å². The first-order valence-electron chi connectivity index (χ1n) is 8.15. The molecule has 2 rings (SSSR count). The number of carbonyl (C=O) groups is 1. The molecule has 2 heterocycles. The molecule has 0 aromatic carbocycles. The van der Waals surface area contributed by atoms with Crippen LogP contribution in [0.1, 0.15) is 42.9 Å². The fourth-order valence-electron chi connectivity index (χ4n) is 2.73. The minimum Gasteiger partial charge on any atom is -0.352 e. The fourth-order valence-corrected chi connectivity index (χ4v) is 2.73. The van der Waals surface area contributed by atoms with Crippen LogP contribution >= 0.6 is 0 Å². The summed E-state index contributed by atoms with van der Waals surface area (Å²) in [6, 6.07) is 0. The van der Waals surface area contributed by atoms with Crippen LogP contribution in [0.25, 0.3) is 0 Å². The monoisotopic (exact) mass is 302 g/mol. The third-order valence-corrected chi connectivity index (χ3v) is 4.04. The Morgan fingerprint density at radius 3 is 2.91 bits per heavy atom. The molecule has 5 nitrogen and oxygen atoms in total. The molecule has 120 valence electrons. The molecular formula is C17H26N4O. The molecule has 0 bridgehead atoms. The normalized spacial score (nSPS) is 19.5. The van der Waals surface area contributed by atoms with Crippen molar-refractivity contribution in [3.63, 3.8) is 0 Å². The van der Waals surface area contributed by atoms with Crippen molar-refractivity contribution in [1.82, 2.24) is 20.2 Å². The lowest BCUT2D eigenvalue weighted by molar-refractivity contribution is 0.0934. The zero-order valence-electron chi connectivity index (χ0n) is 13.6. The highest BCUT2D eigenvalue weighted by atomic mass is 16.1. The molecule has 0 spiro atoms. The largest absolute Gasteiger partial charge is 0.352 e. The van der Waals surface area contributed by atoms with Gasteiger partial charge in [-0.05, 0) is 32.2 Å². The van der Waals surface area contributed by atoms with E-state index in [-0.39, 0.29) is 5.91 Å². The van der Waals surface area contributed by atoms with Crippen molar-refractivity contribution in [3.05, 3.63) is 35.9 Å². The van der Waals surface area contributed by atoms with Crippen molar-refractivity contribution in [2.45, 2.75) is 33.1 Å². The van der Waals surface area contributed by atoms with Crippen molar-refractivity contribution in [1.29, 1.82) is 0 Å². The number of nitrogens with zero attached hydrogens (tertiary/aromatic N) is 3. The lowest BCUT2D eigenvalue weighted by atomic mass is 9.98. The van der Waals surface area contributed by atoms with E-state index >= 15 is 0 Å². The van der Waals surface area contributed by atoms with Crippen LogP contribution in [0.4, 0.5) is 0 Å². The third-order valence-electron chi connectivity index (χ3n) is 4.04. The first-order chi connectivity index (χ1) is 10.7. The summed E-state index contributed by atoms with van der Waals surface area (Å²) in [4.78, 5) is 22.9. The molecule has 22 heavy (non-hydrogen) atoms. The molecule has 1 saturated heterocycles. The predicted molar refractivity (Wildman–Crippen MR) is 87.7 cm³/mol. The second-order valence-electron chi connectivity index (χ2n) is 5.79. The van der Waals surface area contributed by atoms with E-state index in [1.54, 1.807) is 12.4 Å². The van der Waals surface area contributed by atoms with Crippen LogP contribution in [0.2, 0.25) is 0 Å². The van der Waals surface area contributed by atoms with Gasteiger partial charge < -0.3 is 5.32 Å². The summed E-state index contributed by atoms with van der Waals surface area (Å²) in [5.41, 5.74) is 0.541. The number of amides is 1. The number of nitrogens with one attached hydrogen (secondary N) is 1. The van der Waals surface area contributed by atoms with Crippen LogP contribution < -0.4 is 5.32 Å². The number of hydrogen-bond donors (Lipinski definition) is 1. The van der Waals surface area contributed by atoms with Crippen LogP contribution in [0.15, 0.2) is 24.5 Å². The quantitative estimate of drug-likeness (QED) is 0.817. The van der Waals surface area contributed by atoms with Gasteiger partial charge in [0.25, 0.3) is 5.91 Å². The maximum atomic E-state index is 12.1. The molecule has 1 aromatic heterocycles. The molecular weight excluding hydrogens is 276 g/mol. The van der Waals surface area contributed by atoms with Crippen LogP contribution in [-0.2, 0) is 6.42 Å². The van der Waals surface area contributed by atoms with E-state index in [0.717, 1.165) is 38.4 Å². The van der Waals surface area contributed by atoms with Crippen molar-refractivity contribution in [2.24, 2.45) is 5.92 Å². The molecule has 1 unspecified atom stereocenters. The van der Waals surface area contributed by atoms with Gasteiger partial charge in [0, 0.05) is 38.4 Å². The maximum Gasteiger partial charge on any atom is 0.254 e. The minimum atomic E-state index is -0.0757. The zero-order valence-corrected chi connectivity index (χ0v) is 13.6. The van der Waals surface area contributed by atoms with Gasteiger partial charge in [-0.3, -0.25) is 9.69 Å². The summed E-state index contributed by atoms with van der Waals surface area (Å²) in [5, 5.41) is 3.02. The van der Waals surface area contributed by atoms with E-state index in [4.69, 9.17) is 0 Å². The van der Waals surface area contributed by atoms with E-state index in [1.807, 2.05) is 13.8 Å². The summed E-state index contributed by atoms with van der Waals surface area (Å²) in [6.45, 7) is 7.98. The number of piperidine rings is 1. The van der Waals surface area contributed by atoms with Gasteiger partial charge in [-0.2, -0.15) is 0 Å². The van der Waals surface area contributed by atoms with E-state index in [9.17, 15) is 4.79 Å². The highest BCUT2D eigenvalue weighted by molar-refractivity contribution is 5.93. The number of hydrogen-bond acceptors (Lipinski definition) is 4. The van der Waals surface area contributed by atoms with E-state index in [2.05, 4.69) is 32.3 Å². The van der Waals surface area contributed by atoms with Gasteiger partial charge in [-0.1, -0.05) is 19.1 Å². The van der Waals surface area contributed by atoms with E-state index in [1.165, 1.54) is 12.8 Å². The molecule has 1 fully saturated rings. The summed E-state index contributed by atoms with van der Waals surface area (Å²) >= 11 is 0. The van der Waals surface area contributed by atoms with Crippen molar-refractivity contribution < 1.29 is 4.79 Å². The Balaban J connectivity index is 1.79. The molecule has 0 aliphatic carbocycles. The maximum absolute atomic E-state index is 12.1. The Morgan fingerprint density at radius 1 is 1.45 bits per heavy atom. The first kappa shape index (κ1) is 16.6. The Morgan fingerprint density at radius 2 is 2.23 bits per heavy atom. The Bertz CT molecular complexity index is 498. The van der Waals surface area contributed by atoms with Gasteiger partial charge in [0.05, 0.1) is 5.56 Å². The summed E-state index contributed by atoms with van der Waals surface area (Å²) in [7, 11) is 0. The lowest BCUT2D eigenvalue weighted by Gasteiger charge is -2.32. The topological polar surface area (TPSA) is 58.1 Å². The minimum absolute atomic E-state index is 0.0757. The van der Waals surface area contributed by atoms with Crippen molar-refractivity contribution >= 4 is 5.91 Å². The Hall–Kier alpha value is -1.75. The average molecular weight is 302 g/mol.